The highest BCUT2D eigenvalue weighted by molar-refractivity contribution is 5.90. The maximum absolute atomic E-state index is 14.3. The van der Waals surface area contributed by atoms with Crippen LogP contribution in [0.25, 0.3) is 10.4 Å². The van der Waals surface area contributed by atoms with Crippen LogP contribution in [0.1, 0.15) is 66.5 Å². The number of amides is 3. The number of hydrogen-bond acceptors (Lipinski definition) is 14. The Kier molecular flexibility index (Phi) is 14.3. The lowest BCUT2D eigenvalue weighted by atomic mass is 10.00. The zero-order valence-corrected chi connectivity index (χ0v) is 36.5. The van der Waals surface area contributed by atoms with Gasteiger partial charge >= 0.3 is 5.97 Å². The van der Waals surface area contributed by atoms with Gasteiger partial charge in [-0.3, -0.25) is 14.4 Å². The maximum Gasteiger partial charge on any atom is 0.328 e. The number of rotatable bonds is 16. The second kappa shape index (κ2) is 19.0. The summed E-state index contributed by atoms with van der Waals surface area (Å²) in [7, 11) is 1.24. The third kappa shape index (κ3) is 11.7. The van der Waals surface area contributed by atoms with Crippen molar-refractivity contribution in [3.63, 3.8) is 0 Å². The first-order valence-electron chi connectivity index (χ1n) is 20.7. The van der Waals surface area contributed by atoms with Crippen molar-refractivity contribution in [1.82, 2.24) is 16.0 Å². The van der Waals surface area contributed by atoms with Gasteiger partial charge in [0.25, 0.3) is 11.8 Å². The fourth-order valence-corrected chi connectivity index (χ4v) is 8.24. The number of nitrogens with one attached hydrogen (secondary N) is 3. The number of benzene rings is 2. The predicted octanol–water partition coefficient (Wildman–Crippen LogP) is 3.12. The third-order valence-corrected chi connectivity index (χ3v) is 10.7. The number of carbonyl (C=O) groups excluding carboxylic acids is 4. The monoisotopic (exact) mass is 866 g/mol. The molecule has 0 radical (unpaired) electrons. The van der Waals surface area contributed by atoms with Crippen LogP contribution >= 0.6 is 0 Å². The van der Waals surface area contributed by atoms with Gasteiger partial charge in [0, 0.05) is 24.3 Å². The van der Waals surface area contributed by atoms with E-state index in [-0.39, 0.29) is 25.9 Å². The molecule has 62 heavy (non-hydrogen) atoms. The topological polar surface area (TPSA) is 236 Å². The SMILES string of the molecule is COC(=O)[C@H](Cc1ccccc1)NC(=O)[C@@H]1OC(C)(C)O[C@H]1[C@H]1OC(C)(C)O[C@@H]1CNC(=O)[C@H](Cc1ccccc1)NC(=O)[C@@H]1OC(C)(C)O[C@H]1[C@H]1OC(C)(C)O[C@@H]1CN=[N+]=[N-]. The molecule has 4 fully saturated rings. The van der Waals surface area contributed by atoms with E-state index in [9.17, 15) is 19.2 Å². The van der Waals surface area contributed by atoms with Crippen LogP contribution in [0.5, 0.6) is 0 Å². The average Bonchev–Trinajstić information content (AvgIpc) is 3.93. The molecule has 6 rings (SSSR count). The first-order valence-corrected chi connectivity index (χ1v) is 20.7. The van der Waals surface area contributed by atoms with Crippen LogP contribution in [0, 0.1) is 0 Å². The lowest BCUT2D eigenvalue weighted by molar-refractivity contribution is -0.175. The fraction of sp³-hybridized carbons (Fsp3) is 0.628. The maximum atomic E-state index is 14.3. The summed E-state index contributed by atoms with van der Waals surface area (Å²) in [6, 6.07) is 16.2. The Balaban J connectivity index is 1.19. The Bertz CT molecular complexity index is 1960. The summed E-state index contributed by atoms with van der Waals surface area (Å²) in [4.78, 5) is 58.2. The van der Waals surface area contributed by atoms with Crippen molar-refractivity contribution in [2.24, 2.45) is 5.11 Å². The van der Waals surface area contributed by atoms with Crippen molar-refractivity contribution < 1.29 is 61.8 Å². The summed E-state index contributed by atoms with van der Waals surface area (Å²) in [5.41, 5.74) is 10.6. The molecule has 4 heterocycles. The normalized spacial score (nSPS) is 30.1. The van der Waals surface area contributed by atoms with Crippen molar-refractivity contribution >= 4 is 23.7 Å². The highest BCUT2D eigenvalue weighted by Crippen LogP contribution is 2.40. The Hall–Kier alpha value is -4.69. The van der Waals surface area contributed by atoms with Crippen molar-refractivity contribution in [2.75, 3.05) is 20.2 Å². The fourth-order valence-electron chi connectivity index (χ4n) is 8.24. The third-order valence-electron chi connectivity index (χ3n) is 10.7. The van der Waals surface area contributed by atoms with Gasteiger partial charge in [-0.05, 0) is 72.0 Å². The van der Waals surface area contributed by atoms with Crippen LogP contribution in [0.4, 0.5) is 0 Å². The Morgan fingerprint density at radius 2 is 1.05 bits per heavy atom. The molecular formula is C43H58N6O13. The van der Waals surface area contributed by atoms with E-state index in [0.717, 1.165) is 11.1 Å². The zero-order chi connectivity index (χ0) is 45.0. The van der Waals surface area contributed by atoms with Gasteiger partial charge in [0.15, 0.2) is 35.4 Å². The summed E-state index contributed by atoms with van der Waals surface area (Å²) in [6.07, 6.45) is -7.69. The molecule has 19 heteroatoms. The second-order valence-corrected chi connectivity index (χ2v) is 17.5. The quantitative estimate of drug-likeness (QED) is 0.0954. The largest absolute Gasteiger partial charge is 0.467 e. The van der Waals surface area contributed by atoms with Gasteiger partial charge in [0.05, 0.1) is 19.8 Å². The van der Waals surface area contributed by atoms with E-state index < -0.39 is 108 Å². The summed E-state index contributed by atoms with van der Waals surface area (Å²) in [6.45, 7) is 13.2. The Labute approximate surface area is 360 Å². The standard InChI is InChI=1S/C43H58N6O13/c1-40(2)55-28(30(57-40)32-35(62-42(5,6)59-32)38(52)48-27(39(53)54-9)21-25-18-14-11-15-19-25)22-45-36(50)26(20-24-16-12-10-13-17-24)47-37(51)34-33(60-43(7,8)61-34)31-29(23-46-49-44)56-41(3,4)58-31/h10-19,26-35H,20-23H2,1-9H3,(H,45,50)(H,47,51)(H,48,52)/t26-,27-,28+,29+,30-,31-,32-,33-,34+,35+/m0/s1. The molecule has 0 spiro atoms. The molecule has 0 saturated carbocycles. The minimum Gasteiger partial charge on any atom is -0.467 e. The molecule has 338 valence electrons. The lowest BCUT2D eigenvalue weighted by Crippen LogP contribution is -2.56. The van der Waals surface area contributed by atoms with Gasteiger partial charge in [0.2, 0.25) is 5.91 Å². The number of hydrogen-bond donors (Lipinski definition) is 3. The molecule has 0 bridgehead atoms. The number of nitrogens with zero attached hydrogens (tertiary/aromatic N) is 3. The van der Waals surface area contributed by atoms with Gasteiger partial charge in [-0.25, -0.2) is 4.79 Å². The first kappa shape index (κ1) is 46.8. The number of ether oxygens (including phenoxy) is 9. The second-order valence-electron chi connectivity index (χ2n) is 17.5. The molecule has 4 saturated heterocycles. The average molecular weight is 867 g/mol. The number of azide groups is 1. The summed E-state index contributed by atoms with van der Waals surface area (Å²) in [5.74, 6) is -7.16. The van der Waals surface area contributed by atoms with Gasteiger partial charge in [-0.15, -0.1) is 0 Å². The molecule has 0 aromatic heterocycles. The van der Waals surface area contributed by atoms with E-state index in [4.69, 9.17) is 48.2 Å². The minimum atomic E-state index is -1.25. The van der Waals surface area contributed by atoms with Crippen LogP contribution in [-0.4, -0.2) is 128 Å². The highest BCUT2D eigenvalue weighted by Gasteiger charge is 2.58. The molecule has 10 atom stereocenters. The molecule has 3 amide bonds. The lowest BCUT2D eigenvalue weighted by Gasteiger charge is -2.28. The van der Waals surface area contributed by atoms with Crippen LogP contribution < -0.4 is 16.0 Å². The molecule has 4 aliphatic heterocycles. The Morgan fingerprint density at radius 1 is 0.629 bits per heavy atom. The minimum absolute atomic E-state index is 0.0772. The van der Waals surface area contributed by atoms with Crippen LogP contribution in [-0.2, 0) is 74.7 Å². The van der Waals surface area contributed by atoms with Gasteiger partial charge in [-0.1, -0.05) is 65.8 Å². The predicted molar refractivity (Wildman–Crippen MR) is 218 cm³/mol. The van der Waals surface area contributed by atoms with E-state index in [1.165, 1.54) is 7.11 Å². The molecule has 0 aliphatic carbocycles. The Morgan fingerprint density at radius 3 is 1.53 bits per heavy atom. The van der Waals surface area contributed by atoms with E-state index >= 15 is 0 Å². The molecule has 3 N–H and O–H groups in total. The van der Waals surface area contributed by atoms with Crippen LogP contribution in [0.3, 0.4) is 0 Å². The molecule has 2 aromatic rings. The van der Waals surface area contributed by atoms with E-state index in [0.29, 0.717) is 0 Å². The van der Waals surface area contributed by atoms with Gasteiger partial charge < -0.3 is 58.6 Å². The summed E-state index contributed by atoms with van der Waals surface area (Å²) < 4.78 is 54.5. The molecule has 4 aliphatic rings. The van der Waals surface area contributed by atoms with E-state index in [1.807, 2.05) is 60.7 Å². The molecular weight excluding hydrogens is 809 g/mol. The summed E-state index contributed by atoms with van der Waals surface area (Å²) in [5, 5.41) is 12.2. The first-order chi connectivity index (χ1) is 29.2. The van der Waals surface area contributed by atoms with Crippen molar-refractivity contribution in [3.8, 4) is 0 Å². The smallest absolute Gasteiger partial charge is 0.328 e. The van der Waals surface area contributed by atoms with Crippen LogP contribution in [0.2, 0.25) is 0 Å². The van der Waals surface area contributed by atoms with Gasteiger partial charge in [-0.2, -0.15) is 0 Å². The zero-order valence-electron chi connectivity index (χ0n) is 36.5. The highest BCUT2D eigenvalue weighted by atomic mass is 16.8. The van der Waals surface area contributed by atoms with Crippen LogP contribution in [0.15, 0.2) is 65.8 Å². The number of methoxy groups -OCH3 is 1. The van der Waals surface area contributed by atoms with Crippen molar-refractivity contribution in [1.29, 1.82) is 0 Å². The van der Waals surface area contributed by atoms with Crippen molar-refractivity contribution in [2.45, 2.75) is 152 Å². The molecule has 2 aromatic carbocycles. The molecule has 19 nitrogen and oxygen atoms in total. The summed E-state index contributed by atoms with van der Waals surface area (Å²) >= 11 is 0. The van der Waals surface area contributed by atoms with Crippen molar-refractivity contribution in [3.05, 3.63) is 82.2 Å². The molecule has 0 unspecified atom stereocenters. The van der Waals surface area contributed by atoms with E-state index in [1.54, 1.807) is 55.4 Å². The van der Waals surface area contributed by atoms with Gasteiger partial charge in [0.1, 0.15) is 42.6 Å². The van der Waals surface area contributed by atoms with E-state index in [2.05, 4.69) is 26.0 Å². The number of carbonyl (C=O) groups is 4. The number of esters is 1.